The molecule has 0 aliphatic heterocycles. The molecule has 0 saturated heterocycles. The quantitative estimate of drug-likeness (QED) is 0.354. The molecule has 13 heavy (non-hydrogen) atoms. The van der Waals surface area contributed by atoms with E-state index in [0.29, 0.717) is 4.90 Å². The van der Waals surface area contributed by atoms with Crippen LogP contribution in [0, 0.1) is 10.1 Å². The van der Waals surface area contributed by atoms with Crippen molar-refractivity contribution in [3.8, 4) is 0 Å². The van der Waals surface area contributed by atoms with Crippen LogP contribution in [0.1, 0.15) is 7.43 Å². The van der Waals surface area contributed by atoms with Gasteiger partial charge in [0.15, 0.2) is 0 Å². The van der Waals surface area contributed by atoms with Crippen molar-refractivity contribution in [3.63, 3.8) is 0 Å². The molecule has 0 fully saturated rings. The van der Waals surface area contributed by atoms with Gasteiger partial charge in [0.05, 0.1) is 17.0 Å². The van der Waals surface area contributed by atoms with Gasteiger partial charge in [0.1, 0.15) is 0 Å². The molecular formula is C7H9NO4S. The predicted molar refractivity (Wildman–Crippen MR) is 49.4 cm³/mol. The van der Waals surface area contributed by atoms with Crippen molar-refractivity contribution in [3.05, 3.63) is 34.4 Å². The second kappa shape index (κ2) is 5.52. The van der Waals surface area contributed by atoms with E-state index < -0.39 is 4.92 Å². The van der Waals surface area contributed by atoms with Crippen LogP contribution >= 0.6 is 12.0 Å². The van der Waals surface area contributed by atoms with Gasteiger partial charge in [0, 0.05) is 17.0 Å². The molecule has 0 spiro atoms. The smallest absolute Gasteiger partial charge is 0.258 e. The third kappa shape index (κ3) is 3.41. The summed E-state index contributed by atoms with van der Waals surface area (Å²) in [7, 11) is 0. The van der Waals surface area contributed by atoms with Crippen LogP contribution < -0.4 is 0 Å². The highest BCUT2D eigenvalue weighted by Crippen LogP contribution is 2.20. The lowest BCUT2D eigenvalue weighted by atomic mass is 10.3. The highest BCUT2D eigenvalue weighted by atomic mass is 32.2. The highest BCUT2D eigenvalue weighted by Gasteiger charge is 2.03. The summed E-state index contributed by atoms with van der Waals surface area (Å²) in [6.07, 6.45) is 0. The van der Waals surface area contributed by atoms with Crippen molar-refractivity contribution < 1.29 is 14.5 Å². The highest BCUT2D eigenvalue weighted by molar-refractivity contribution is 7.94. The first-order valence-corrected chi connectivity index (χ1v) is 3.71. The molecule has 72 valence electrons. The van der Waals surface area contributed by atoms with Gasteiger partial charge < -0.3 is 0 Å². The van der Waals surface area contributed by atoms with Gasteiger partial charge >= 0.3 is 0 Å². The standard InChI is InChI=1S/C6H5NO4S.CH4/c8-7(9)5-1-3-6(4-2-5)12-11-10;/h1-4,10H;1H4. The van der Waals surface area contributed by atoms with Crippen molar-refractivity contribution in [2.45, 2.75) is 12.3 Å². The van der Waals surface area contributed by atoms with E-state index in [9.17, 15) is 10.1 Å². The van der Waals surface area contributed by atoms with Crippen LogP contribution in [0.2, 0.25) is 0 Å². The van der Waals surface area contributed by atoms with Crippen LogP contribution in [0.5, 0.6) is 0 Å². The van der Waals surface area contributed by atoms with Gasteiger partial charge in [-0.25, -0.2) is 5.26 Å². The van der Waals surface area contributed by atoms with Crippen molar-refractivity contribution in [1.29, 1.82) is 0 Å². The summed E-state index contributed by atoms with van der Waals surface area (Å²) in [6, 6.07) is 5.64. The first-order valence-electron chi connectivity index (χ1n) is 2.96. The fourth-order valence-corrected chi connectivity index (χ4v) is 1.000. The number of benzene rings is 1. The summed E-state index contributed by atoms with van der Waals surface area (Å²) >= 11 is 0.729. The van der Waals surface area contributed by atoms with Gasteiger partial charge in [-0.1, -0.05) is 7.43 Å². The Kier molecular flexibility index (Phi) is 5.05. The summed E-state index contributed by atoms with van der Waals surface area (Å²) in [4.78, 5) is 10.3. The summed E-state index contributed by atoms with van der Waals surface area (Å²) in [5.41, 5.74) is 0.0114. The van der Waals surface area contributed by atoms with Crippen molar-refractivity contribution in [2.24, 2.45) is 0 Å². The SMILES string of the molecule is C.O=[N+]([O-])c1ccc(SOO)cc1. The minimum atomic E-state index is -0.492. The minimum Gasteiger partial charge on any atom is -0.258 e. The second-order valence-corrected chi connectivity index (χ2v) is 2.70. The number of hydrogen-bond acceptors (Lipinski definition) is 5. The topological polar surface area (TPSA) is 72.6 Å². The zero-order chi connectivity index (χ0) is 8.97. The predicted octanol–water partition coefficient (Wildman–Crippen LogP) is 2.73. The number of nitrogens with zero attached hydrogens (tertiary/aromatic N) is 1. The fraction of sp³-hybridized carbons (Fsp3) is 0.143. The molecule has 0 aliphatic rings. The molecular weight excluding hydrogens is 194 g/mol. The van der Waals surface area contributed by atoms with E-state index in [0.717, 1.165) is 12.0 Å². The van der Waals surface area contributed by atoms with Crippen LogP contribution in [-0.2, 0) is 4.33 Å². The van der Waals surface area contributed by atoms with E-state index in [1.54, 1.807) is 0 Å². The van der Waals surface area contributed by atoms with Crippen LogP contribution in [0.3, 0.4) is 0 Å². The van der Waals surface area contributed by atoms with Gasteiger partial charge in [-0.3, -0.25) is 10.1 Å². The van der Waals surface area contributed by atoms with E-state index in [1.165, 1.54) is 24.3 Å². The maximum Gasteiger partial charge on any atom is 0.269 e. The largest absolute Gasteiger partial charge is 0.269 e. The summed E-state index contributed by atoms with van der Waals surface area (Å²) in [6.45, 7) is 0. The first kappa shape index (κ1) is 11.9. The fourth-order valence-electron chi connectivity index (χ4n) is 0.666. The molecule has 1 N–H and O–H groups in total. The third-order valence-corrected chi connectivity index (χ3v) is 1.72. The lowest BCUT2D eigenvalue weighted by Gasteiger charge is -1.94. The molecule has 0 radical (unpaired) electrons. The molecule has 0 aliphatic carbocycles. The Morgan fingerprint density at radius 2 is 1.92 bits per heavy atom. The molecule has 1 aromatic rings. The Bertz CT molecular complexity index is 274. The minimum absolute atomic E-state index is 0. The lowest BCUT2D eigenvalue weighted by Crippen LogP contribution is -1.86. The van der Waals surface area contributed by atoms with Crippen LogP contribution in [-0.4, -0.2) is 10.2 Å². The van der Waals surface area contributed by atoms with Gasteiger partial charge in [0.2, 0.25) is 0 Å². The molecule has 0 heterocycles. The molecule has 0 unspecified atom stereocenters. The summed E-state index contributed by atoms with van der Waals surface area (Å²) in [5.74, 6) is 0. The average molecular weight is 203 g/mol. The Morgan fingerprint density at radius 3 is 2.31 bits per heavy atom. The molecule has 0 saturated carbocycles. The Hall–Kier alpha value is -1.11. The van der Waals surface area contributed by atoms with E-state index in [2.05, 4.69) is 4.33 Å². The Labute approximate surface area is 79.6 Å². The number of nitro groups is 1. The summed E-state index contributed by atoms with van der Waals surface area (Å²) < 4.78 is 3.78. The van der Waals surface area contributed by atoms with E-state index in [4.69, 9.17) is 5.26 Å². The van der Waals surface area contributed by atoms with Gasteiger partial charge in [-0.15, -0.1) is 0 Å². The van der Waals surface area contributed by atoms with Crippen LogP contribution in [0.15, 0.2) is 29.2 Å². The van der Waals surface area contributed by atoms with E-state index >= 15 is 0 Å². The molecule has 0 atom stereocenters. The molecule has 5 nitrogen and oxygen atoms in total. The zero-order valence-electron chi connectivity index (χ0n) is 5.84. The van der Waals surface area contributed by atoms with Gasteiger partial charge in [0.25, 0.3) is 5.69 Å². The average Bonchev–Trinajstić information content (AvgIpc) is 2.06. The van der Waals surface area contributed by atoms with Gasteiger partial charge in [-0.05, 0) is 12.1 Å². The number of non-ortho nitro benzene ring substituents is 1. The zero-order valence-corrected chi connectivity index (χ0v) is 6.65. The lowest BCUT2D eigenvalue weighted by molar-refractivity contribution is -0.384. The van der Waals surface area contributed by atoms with Crippen molar-refractivity contribution in [1.82, 2.24) is 0 Å². The maximum absolute atomic E-state index is 10.2. The monoisotopic (exact) mass is 203 g/mol. The van der Waals surface area contributed by atoms with Crippen molar-refractivity contribution >= 4 is 17.7 Å². The molecule has 1 aromatic carbocycles. The Balaban J connectivity index is 0.00000144. The number of hydrogen-bond donors (Lipinski definition) is 1. The Morgan fingerprint density at radius 1 is 1.38 bits per heavy atom. The van der Waals surface area contributed by atoms with Crippen LogP contribution in [0.4, 0.5) is 5.69 Å². The van der Waals surface area contributed by atoms with Crippen molar-refractivity contribution in [2.75, 3.05) is 0 Å². The normalized spacial score (nSPS) is 9.00. The molecule has 0 bridgehead atoms. The molecule has 0 amide bonds. The van der Waals surface area contributed by atoms with E-state index in [1.807, 2.05) is 0 Å². The molecule has 0 aromatic heterocycles. The van der Waals surface area contributed by atoms with Gasteiger partial charge in [-0.2, -0.15) is 4.33 Å². The molecule has 1 rings (SSSR count). The molecule has 6 heteroatoms. The summed E-state index contributed by atoms with van der Waals surface area (Å²) in [5, 5.41) is 18.2. The first-order chi connectivity index (χ1) is 5.74. The second-order valence-electron chi connectivity index (χ2n) is 1.91. The van der Waals surface area contributed by atoms with Crippen LogP contribution in [0.25, 0.3) is 0 Å². The number of nitro benzene ring substituents is 1. The third-order valence-electron chi connectivity index (χ3n) is 1.18. The number of rotatable bonds is 3. The maximum atomic E-state index is 10.2. The van der Waals surface area contributed by atoms with E-state index in [-0.39, 0.29) is 13.1 Å².